The van der Waals surface area contributed by atoms with Crippen LogP contribution in [0.15, 0.2) is 17.0 Å². The highest BCUT2D eigenvalue weighted by Crippen LogP contribution is 2.26. The SMILES string of the molecule is Cc1c(CO)cc(Cl)cc1S(=O)(=O)NCC1CCCCC1. The van der Waals surface area contributed by atoms with Gasteiger partial charge in [-0.2, -0.15) is 0 Å². The van der Waals surface area contributed by atoms with Crippen LogP contribution in [0.2, 0.25) is 5.02 Å². The quantitative estimate of drug-likeness (QED) is 0.871. The zero-order valence-electron chi connectivity index (χ0n) is 12.2. The molecule has 6 heteroatoms. The van der Waals surface area contributed by atoms with Gasteiger partial charge in [0.2, 0.25) is 10.0 Å². The maximum atomic E-state index is 12.5. The number of benzene rings is 1. The van der Waals surface area contributed by atoms with Crippen molar-refractivity contribution in [1.82, 2.24) is 4.72 Å². The van der Waals surface area contributed by atoms with Gasteiger partial charge in [0.05, 0.1) is 11.5 Å². The second-order valence-corrected chi connectivity index (χ2v) is 7.87. The van der Waals surface area contributed by atoms with E-state index < -0.39 is 10.0 Å². The summed E-state index contributed by atoms with van der Waals surface area (Å²) in [6, 6.07) is 3.04. The van der Waals surface area contributed by atoms with Crippen molar-refractivity contribution in [3.8, 4) is 0 Å². The van der Waals surface area contributed by atoms with E-state index in [1.54, 1.807) is 13.0 Å². The topological polar surface area (TPSA) is 66.4 Å². The van der Waals surface area contributed by atoms with Gasteiger partial charge in [0, 0.05) is 11.6 Å². The number of nitrogens with one attached hydrogen (secondary N) is 1. The van der Waals surface area contributed by atoms with Crippen molar-refractivity contribution in [1.29, 1.82) is 0 Å². The zero-order valence-corrected chi connectivity index (χ0v) is 13.8. The van der Waals surface area contributed by atoms with Crippen LogP contribution in [0.25, 0.3) is 0 Å². The number of aliphatic hydroxyl groups excluding tert-OH is 1. The average molecular weight is 332 g/mol. The van der Waals surface area contributed by atoms with Crippen LogP contribution in [-0.2, 0) is 16.6 Å². The van der Waals surface area contributed by atoms with Gasteiger partial charge in [-0.05, 0) is 48.9 Å². The number of halogens is 1. The van der Waals surface area contributed by atoms with Gasteiger partial charge < -0.3 is 5.11 Å². The Morgan fingerprint density at radius 1 is 1.29 bits per heavy atom. The summed E-state index contributed by atoms with van der Waals surface area (Å²) in [7, 11) is -3.59. The molecule has 1 aliphatic carbocycles. The molecule has 0 amide bonds. The molecule has 2 rings (SSSR count). The molecule has 1 aromatic rings. The Morgan fingerprint density at radius 2 is 1.95 bits per heavy atom. The molecule has 118 valence electrons. The molecule has 0 bridgehead atoms. The van der Waals surface area contributed by atoms with E-state index in [0.717, 1.165) is 12.8 Å². The first-order chi connectivity index (χ1) is 9.94. The lowest BCUT2D eigenvalue weighted by molar-refractivity contribution is 0.280. The van der Waals surface area contributed by atoms with Crippen LogP contribution in [0, 0.1) is 12.8 Å². The largest absolute Gasteiger partial charge is 0.392 e. The van der Waals surface area contributed by atoms with E-state index in [4.69, 9.17) is 11.6 Å². The first-order valence-electron chi connectivity index (χ1n) is 7.33. The Hall–Kier alpha value is -0.620. The Labute approximate surface area is 131 Å². The second-order valence-electron chi connectivity index (χ2n) is 5.70. The Kier molecular flexibility index (Phi) is 5.66. The number of aliphatic hydroxyl groups is 1. The lowest BCUT2D eigenvalue weighted by atomic mass is 9.90. The molecular weight excluding hydrogens is 310 g/mol. The van der Waals surface area contributed by atoms with E-state index >= 15 is 0 Å². The van der Waals surface area contributed by atoms with Crippen LogP contribution < -0.4 is 4.72 Å². The summed E-state index contributed by atoms with van der Waals surface area (Å²) in [5.41, 5.74) is 1.10. The molecule has 0 spiro atoms. The number of hydrogen-bond acceptors (Lipinski definition) is 3. The molecule has 0 heterocycles. The summed E-state index contributed by atoms with van der Waals surface area (Å²) in [6.45, 7) is 1.94. The molecule has 0 saturated heterocycles. The van der Waals surface area contributed by atoms with Crippen LogP contribution in [0.1, 0.15) is 43.2 Å². The highest BCUT2D eigenvalue weighted by molar-refractivity contribution is 7.89. The van der Waals surface area contributed by atoms with Crippen LogP contribution in [-0.4, -0.2) is 20.1 Å². The van der Waals surface area contributed by atoms with Crippen molar-refractivity contribution in [2.45, 2.75) is 50.5 Å². The van der Waals surface area contributed by atoms with Gasteiger partial charge in [-0.3, -0.25) is 0 Å². The van der Waals surface area contributed by atoms with E-state index in [1.165, 1.54) is 25.3 Å². The van der Waals surface area contributed by atoms with E-state index in [1.807, 2.05) is 0 Å². The Bertz CT molecular complexity index is 595. The smallest absolute Gasteiger partial charge is 0.240 e. The van der Waals surface area contributed by atoms with Crippen molar-refractivity contribution in [2.75, 3.05) is 6.54 Å². The fraction of sp³-hybridized carbons (Fsp3) is 0.600. The van der Waals surface area contributed by atoms with E-state index in [-0.39, 0.29) is 11.5 Å². The molecule has 0 unspecified atom stereocenters. The van der Waals surface area contributed by atoms with Gasteiger partial charge in [-0.1, -0.05) is 30.9 Å². The number of hydrogen-bond donors (Lipinski definition) is 2. The normalized spacial score (nSPS) is 17.1. The summed E-state index contributed by atoms with van der Waals surface area (Å²) in [5.74, 6) is 0.422. The summed E-state index contributed by atoms with van der Waals surface area (Å²) in [4.78, 5) is 0.162. The van der Waals surface area contributed by atoms with Crippen molar-refractivity contribution < 1.29 is 13.5 Å². The minimum absolute atomic E-state index is 0.162. The first-order valence-corrected chi connectivity index (χ1v) is 9.19. The average Bonchev–Trinajstić information content (AvgIpc) is 2.48. The lowest BCUT2D eigenvalue weighted by Crippen LogP contribution is -2.31. The zero-order chi connectivity index (χ0) is 15.5. The van der Waals surface area contributed by atoms with Crippen molar-refractivity contribution in [3.05, 3.63) is 28.3 Å². The van der Waals surface area contributed by atoms with Crippen molar-refractivity contribution in [3.63, 3.8) is 0 Å². The molecule has 0 atom stereocenters. The summed E-state index contributed by atoms with van der Waals surface area (Å²) in [5, 5.41) is 9.61. The fourth-order valence-electron chi connectivity index (χ4n) is 2.85. The van der Waals surface area contributed by atoms with Gasteiger partial charge in [0.1, 0.15) is 0 Å². The first kappa shape index (κ1) is 16.7. The number of rotatable bonds is 5. The molecule has 1 saturated carbocycles. The van der Waals surface area contributed by atoms with Crippen LogP contribution >= 0.6 is 11.6 Å². The van der Waals surface area contributed by atoms with Gasteiger partial charge in [-0.25, -0.2) is 13.1 Å². The molecule has 0 radical (unpaired) electrons. The highest BCUT2D eigenvalue weighted by Gasteiger charge is 2.22. The van der Waals surface area contributed by atoms with Crippen molar-refractivity contribution in [2.24, 2.45) is 5.92 Å². The van der Waals surface area contributed by atoms with Crippen LogP contribution in [0.3, 0.4) is 0 Å². The molecular formula is C15H22ClNO3S. The lowest BCUT2D eigenvalue weighted by Gasteiger charge is -2.22. The second kappa shape index (κ2) is 7.09. The predicted molar refractivity (Wildman–Crippen MR) is 83.9 cm³/mol. The fourth-order valence-corrected chi connectivity index (χ4v) is 4.58. The molecule has 2 N–H and O–H groups in total. The summed E-state index contributed by atoms with van der Waals surface area (Å²) < 4.78 is 27.6. The Morgan fingerprint density at radius 3 is 2.57 bits per heavy atom. The summed E-state index contributed by atoms with van der Waals surface area (Å²) in [6.07, 6.45) is 5.77. The van der Waals surface area contributed by atoms with Crippen LogP contribution in [0.5, 0.6) is 0 Å². The van der Waals surface area contributed by atoms with Gasteiger partial charge >= 0.3 is 0 Å². The van der Waals surface area contributed by atoms with Crippen molar-refractivity contribution >= 4 is 21.6 Å². The third-order valence-corrected chi connectivity index (χ3v) is 5.95. The highest BCUT2D eigenvalue weighted by atomic mass is 35.5. The maximum Gasteiger partial charge on any atom is 0.240 e. The monoisotopic (exact) mass is 331 g/mol. The molecule has 1 aliphatic rings. The summed E-state index contributed by atoms with van der Waals surface area (Å²) >= 11 is 5.95. The van der Waals surface area contributed by atoms with Gasteiger partial charge in [0.25, 0.3) is 0 Å². The minimum Gasteiger partial charge on any atom is -0.392 e. The Balaban J connectivity index is 2.17. The molecule has 0 aliphatic heterocycles. The van der Waals surface area contributed by atoms with Gasteiger partial charge in [0.15, 0.2) is 0 Å². The maximum absolute atomic E-state index is 12.5. The third kappa shape index (κ3) is 4.19. The molecule has 1 aromatic carbocycles. The predicted octanol–water partition coefficient (Wildman–Crippen LogP) is 3.00. The van der Waals surface area contributed by atoms with Crippen LogP contribution in [0.4, 0.5) is 0 Å². The third-order valence-electron chi connectivity index (χ3n) is 4.18. The minimum atomic E-state index is -3.59. The van der Waals surface area contributed by atoms with E-state index in [2.05, 4.69) is 4.72 Å². The molecule has 21 heavy (non-hydrogen) atoms. The standard InChI is InChI=1S/C15H22ClNO3S/c1-11-13(10-18)7-14(16)8-15(11)21(19,20)17-9-12-5-3-2-4-6-12/h7-8,12,17-18H,2-6,9-10H2,1H3. The van der Waals surface area contributed by atoms with E-state index in [0.29, 0.717) is 28.6 Å². The molecule has 4 nitrogen and oxygen atoms in total. The van der Waals surface area contributed by atoms with E-state index in [9.17, 15) is 13.5 Å². The van der Waals surface area contributed by atoms with Gasteiger partial charge in [-0.15, -0.1) is 0 Å². The number of sulfonamides is 1. The molecule has 1 fully saturated rings. The molecule has 0 aromatic heterocycles.